The molecule has 0 saturated carbocycles. The average Bonchev–Trinajstić information content (AvgIpc) is 3.33. The summed E-state index contributed by atoms with van der Waals surface area (Å²) < 4.78 is 66.5. The highest BCUT2D eigenvalue weighted by Crippen LogP contribution is 2.50. The molecule has 0 aliphatic carbocycles. The topological polar surface area (TPSA) is 247 Å². The third-order valence-corrected chi connectivity index (χ3v) is 10.6. The maximum absolute atomic E-state index is 12.4. The SMILES string of the molecule is CC1(C)C(=CC=CC2=[N+](CCCS(=O)(=O)O)c3cc(C(=O)O)cc(C(=O)O)c3C2(C)C)N(CCCS(=O)(=O)O)c2cc(CO)cc(C(=O)O)c21. The van der Waals surface area contributed by atoms with Crippen LogP contribution in [0.3, 0.4) is 0 Å². The molecule has 2 aliphatic heterocycles. The fourth-order valence-electron chi connectivity index (χ4n) is 6.91. The predicted octanol–water partition coefficient (Wildman–Crippen LogP) is 3.44. The molecule has 2 aromatic carbocycles. The number of nitrogens with zero attached hydrogens (tertiary/aromatic N) is 2. The van der Waals surface area contributed by atoms with Crippen molar-refractivity contribution in [3.8, 4) is 0 Å². The van der Waals surface area contributed by atoms with E-state index in [9.17, 15) is 60.8 Å². The molecule has 4 rings (SSSR count). The molecule has 0 radical (unpaired) electrons. The second-order valence-electron chi connectivity index (χ2n) is 13.2. The fourth-order valence-corrected chi connectivity index (χ4v) is 7.90. The third-order valence-electron chi connectivity index (χ3n) is 8.96. The zero-order chi connectivity index (χ0) is 37.6. The summed E-state index contributed by atoms with van der Waals surface area (Å²) in [4.78, 5) is 38.4. The number of fused-ring (bicyclic) bond motifs is 2. The lowest BCUT2D eigenvalue weighted by molar-refractivity contribution is -0.437. The lowest BCUT2D eigenvalue weighted by atomic mass is 9.78. The molecule has 2 aromatic rings. The van der Waals surface area contributed by atoms with Crippen LogP contribution in [0, 0.1) is 0 Å². The van der Waals surface area contributed by atoms with Crippen molar-refractivity contribution < 1.29 is 65.3 Å². The number of hydrogen-bond acceptors (Lipinski definition) is 9. The molecule has 0 fully saturated rings. The molecule has 0 atom stereocenters. The van der Waals surface area contributed by atoms with E-state index >= 15 is 0 Å². The summed E-state index contributed by atoms with van der Waals surface area (Å²) in [6, 6.07) is 5.33. The number of allylic oxidation sites excluding steroid dienone is 4. The molecular weight excluding hydrogens is 696 g/mol. The molecule has 17 heteroatoms. The Hall–Kier alpha value is -4.42. The number of carbonyl (C=O) groups is 3. The summed E-state index contributed by atoms with van der Waals surface area (Å²) in [7, 11) is -8.67. The molecular formula is C33H39N2O13S2+. The van der Waals surface area contributed by atoms with E-state index < -0.39 is 67.1 Å². The molecule has 0 unspecified atom stereocenters. The number of carboxylic acids is 3. The zero-order valence-corrected chi connectivity index (χ0v) is 29.4. The highest BCUT2D eigenvalue weighted by molar-refractivity contribution is 7.86. The van der Waals surface area contributed by atoms with Crippen molar-refractivity contribution in [3.05, 3.63) is 81.6 Å². The van der Waals surface area contributed by atoms with Gasteiger partial charge in [-0.3, -0.25) is 9.11 Å². The summed E-state index contributed by atoms with van der Waals surface area (Å²) in [5.74, 6) is -5.17. The lowest BCUT2D eigenvalue weighted by Gasteiger charge is -2.27. The van der Waals surface area contributed by atoms with Crippen molar-refractivity contribution in [2.45, 2.75) is 58.0 Å². The number of aliphatic hydroxyl groups excluding tert-OH is 1. The van der Waals surface area contributed by atoms with Gasteiger partial charge in [-0.15, -0.1) is 0 Å². The van der Waals surface area contributed by atoms with E-state index in [-0.39, 0.29) is 53.9 Å². The van der Waals surface area contributed by atoms with Crippen LogP contribution in [0.25, 0.3) is 0 Å². The van der Waals surface area contributed by atoms with Crippen molar-refractivity contribution in [3.63, 3.8) is 0 Å². The number of rotatable bonds is 14. The Morgan fingerprint density at radius 3 is 1.92 bits per heavy atom. The van der Waals surface area contributed by atoms with Gasteiger partial charge in [-0.05, 0) is 50.1 Å². The van der Waals surface area contributed by atoms with Crippen LogP contribution in [0.4, 0.5) is 11.4 Å². The number of aromatic carboxylic acids is 3. The van der Waals surface area contributed by atoms with E-state index in [0.717, 1.165) is 6.07 Å². The summed E-state index contributed by atoms with van der Waals surface area (Å²) in [5, 5.41) is 39.8. The van der Waals surface area contributed by atoms with Gasteiger partial charge in [0, 0.05) is 47.5 Å². The van der Waals surface area contributed by atoms with Crippen molar-refractivity contribution >= 4 is 55.2 Å². The number of carboxylic acid groups (broad SMARTS) is 3. The standard InChI is InChI=1S/C33H38N2O13S2/c1-32(2)25(34(10-6-12-49(43,44)45)23-15-19(18-36)14-21(27(23)32)30(39)40)8-5-9-26-33(3,4)28-22(31(41)42)16-20(29(37)38)17-24(28)35(26)11-7-13-50(46,47)48/h5,8-9,14-17,36H,6-7,10-13,18H2,1-4H3,(H4-,37,38,39,40,41,42,43,44,45,46,47,48)/p+1. The second kappa shape index (κ2) is 13.7. The van der Waals surface area contributed by atoms with Gasteiger partial charge in [0.2, 0.25) is 5.69 Å². The number of aliphatic hydroxyl groups is 1. The monoisotopic (exact) mass is 735 g/mol. The quantitative estimate of drug-likeness (QED) is 0.120. The smallest absolute Gasteiger partial charge is 0.336 e. The summed E-state index contributed by atoms with van der Waals surface area (Å²) in [6.45, 7) is 6.53. The molecule has 0 aromatic heterocycles. The minimum Gasteiger partial charge on any atom is -0.478 e. The van der Waals surface area contributed by atoms with E-state index in [0.29, 0.717) is 28.2 Å². The van der Waals surface area contributed by atoms with Gasteiger partial charge >= 0.3 is 17.9 Å². The number of hydrogen-bond donors (Lipinski definition) is 6. The maximum Gasteiger partial charge on any atom is 0.336 e. The first-order chi connectivity index (χ1) is 23.0. The highest BCUT2D eigenvalue weighted by atomic mass is 32.2. The first kappa shape index (κ1) is 38.4. The Labute approximate surface area is 289 Å². The van der Waals surface area contributed by atoms with Gasteiger partial charge in [-0.1, -0.05) is 19.9 Å². The van der Waals surface area contributed by atoms with Gasteiger partial charge in [0.25, 0.3) is 20.2 Å². The first-order valence-corrected chi connectivity index (χ1v) is 18.6. The molecule has 6 N–H and O–H groups in total. The molecule has 0 saturated heterocycles. The first-order valence-electron chi connectivity index (χ1n) is 15.4. The maximum atomic E-state index is 12.4. The zero-order valence-electron chi connectivity index (χ0n) is 27.7. The van der Waals surface area contributed by atoms with Gasteiger partial charge in [-0.2, -0.15) is 21.4 Å². The van der Waals surface area contributed by atoms with Gasteiger partial charge < -0.3 is 25.3 Å². The van der Waals surface area contributed by atoms with E-state index in [2.05, 4.69) is 0 Å². The Kier molecular flexibility index (Phi) is 10.5. The fraction of sp³-hybridized carbons (Fsp3) is 0.394. The summed E-state index contributed by atoms with van der Waals surface area (Å²) in [5.41, 5.74) is -0.0119. The number of anilines is 1. The molecule has 0 amide bonds. The van der Waals surface area contributed by atoms with Crippen LogP contribution in [0.5, 0.6) is 0 Å². The number of benzene rings is 2. The van der Waals surface area contributed by atoms with Crippen LogP contribution in [-0.2, 0) is 37.7 Å². The average molecular weight is 736 g/mol. The highest BCUT2D eigenvalue weighted by Gasteiger charge is 2.48. The van der Waals surface area contributed by atoms with E-state index in [1.165, 1.54) is 12.1 Å². The molecule has 270 valence electrons. The van der Waals surface area contributed by atoms with Crippen LogP contribution in [0.2, 0.25) is 0 Å². The summed E-state index contributed by atoms with van der Waals surface area (Å²) in [6.07, 6.45) is 4.79. The van der Waals surface area contributed by atoms with Crippen LogP contribution < -0.4 is 4.90 Å². The normalized spacial score (nSPS) is 17.4. The van der Waals surface area contributed by atoms with Crippen molar-refractivity contribution in [1.29, 1.82) is 0 Å². The molecule has 0 spiro atoms. The lowest BCUT2D eigenvalue weighted by Crippen LogP contribution is -2.30. The van der Waals surface area contributed by atoms with Crippen molar-refractivity contribution in [1.82, 2.24) is 0 Å². The van der Waals surface area contributed by atoms with Crippen LogP contribution in [-0.4, -0.2) is 99.2 Å². The van der Waals surface area contributed by atoms with Crippen LogP contribution in [0.1, 0.15) is 88.3 Å². The van der Waals surface area contributed by atoms with E-state index in [1.807, 2.05) is 0 Å². The van der Waals surface area contributed by atoms with E-state index in [1.54, 1.807) is 61.5 Å². The summed E-state index contributed by atoms with van der Waals surface area (Å²) >= 11 is 0. The van der Waals surface area contributed by atoms with E-state index in [4.69, 9.17) is 0 Å². The Balaban J connectivity index is 1.92. The minimum atomic E-state index is -4.36. The Bertz CT molecular complexity index is 2090. The van der Waals surface area contributed by atoms with Gasteiger partial charge in [0.05, 0.1) is 45.8 Å². The minimum absolute atomic E-state index is 0.0354. The molecule has 2 aliphatic rings. The Morgan fingerprint density at radius 2 is 1.38 bits per heavy atom. The van der Waals surface area contributed by atoms with Crippen molar-refractivity contribution in [2.24, 2.45) is 0 Å². The van der Waals surface area contributed by atoms with Gasteiger partial charge in [0.15, 0.2) is 5.71 Å². The van der Waals surface area contributed by atoms with Crippen LogP contribution >= 0.6 is 0 Å². The largest absolute Gasteiger partial charge is 0.478 e. The molecule has 15 nitrogen and oxygen atoms in total. The molecule has 0 bridgehead atoms. The van der Waals surface area contributed by atoms with Gasteiger partial charge in [-0.25, -0.2) is 14.4 Å². The third kappa shape index (κ3) is 7.66. The molecule has 50 heavy (non-hydrogen) atoms. The Morgan fingerprint density at radius 1 is 0.800 bits per heavy atom. The molecule has 2 heterocycles. The second-order valence-corrected chi connectivity index (χ2v) is 16.3. The predicted molar refractivity (Wildman–Crippen MR) is 182 cm³/mol. The van der Waals surface area contributed by atoms with Gasteiger partial charge in [0.1, 0.15) is 6.54 Å². The van der Waals surface area contributed by atoms with Crippen molar-refractivity contribution in [2.75, 3.05) is 29.5 Å². The van der Waals surface area contributed by atoms with Crippen LogP contribution in [0.15, 0.2) is 48.2 Å².